The third-order valence-corrected chi connectivity index (χ3v) is 10.4. The van der Waals surface area contributed by atoms with Gasteiger partial charge in [-0.05, 0) is 24.2 Å². The molecule has 0 saturated carbocycles. The number of allylic oxidation sites excluding steroid dienone is 4. The molecule has 2 aromatic rings. The molecule has 0 N–H and O–H groups in total. The molecular formula is C28H32O2Si. The highest BCUT2D eigenvalue weighted by atomic mass is 28.4. The van der Waals surface area contributed by atoms with Crippen molar-refractivity contribution in [2.24, 2.45) is 11.8 Å². The van der Waals surface area contributed by atoms with Gasteiger partial charge in [0.25, 0.3) is 0 Å². The molecule has 2 aliphatic carbocycles. The molecule has 0 bridgehead atoms. The SMILES string of the molecule is CC1C=CC=CC1(C)O[Si](OC1(C)C=CC=CC1C)(c1ccccc1)c1ccccc1. The normalized spacial score (nSPS) is 29.9. The number of benzene rings is 2. The summed E-state index contributed by atoms with van der Waals surface area (Å²) in [5.41, 5.74) is -0.944. The van der Waals surface area contributed by atoms with E-state index in [0.29, 0.717) is 0 Å². The van der Waals surface area contributed by atoms with Crippen LogP contribution in [-0.2, 0) is 8.85 Å². The van der Waals surface area contributed by atoms with Crippen LogP contribution in [-0.4, -0.2) is 19.8 Å². The molecule has 0 heterocycles. The van der Waals surface area contributed by atoms with Crippen molar-refractivity contribution in [3.8, 4) is 0 Å². The first kappa shape index (κ1) is 21.8. The second-order valence-corrected chi connectivity index (χ2v) is 11.8. The second-order valence-electron chi connectivity index (χ2n) is 8.99. The molecule has 0 spiro atoms. The van der Waals surface area contributed by atoms with Crippen LogP contribution in [0.2, 0.25) is 0 Å². The summed E-state index contributed by atoms with van der Waals surface area (Å²) < 4.78 is 14.6. The van der Waals surface area contributed by atoms with Gasteiger partial charge in [-0.15, -0.1) is 0 Å². The summed E-state index contributed by atoms with van der Waals surface area (Å²) in [5, 5.41) is 2.24. The van der Waals surface area contributed by atoms with Gasteiger partial charge in [0.1, 0.15) is 0 Å². The third-order valence-electron chi connectivity index (χ3n) is 6.72. The molecule has 160 valence electrons. The fraction of sp³-hybridized carbons (Fsp3) is 0.286. The van der Waals surface area contributed by atoms with Gasteiger partial charge in [-0.3, -0.25) is 0 Å². The topological polar surface area (TPSA) is 18.5 Å². The monoisotopic (exact) mass is 428 g/mol. The van der Waals surface area contributed by atoms with Crippen molar-refractivity contribution in [3.05, 3.63) is 109 Å². The van der Waals surface area contributed by atoms with E-state index >= 15 is 0 Å². The maximum atomic E-state index is 7.29. The van der Waals surface area contributed by atoms with Crippen LogP contribution in [0.5, 0.6) is 0 Å². The fourth-order valence-electron chi connectivity index (χ4n) is 4.25. The Morgan fingerprint density at radius 2 is 1.00 bits per heavy atom. The second kappa shape index (κ2) is 8.58. The smallest absolute Gasteiger partial charge is 0.378 e. The van der Waals surface area contributed by atoms with Crippen LogP contribution in [0.25, 0.3) is 0 Å². The maximum Gasteiger partial charge on any atom is 0.408 e. The minimum Gasteiger partial charge on any atom is -0.378 e. The van der Waals surface area contributed by atoms with E-state index in [0.717, 1.165) is 10.4 Å². The van der Waals surface area contributed by atoms with Crippen molar-refractivity contribution in [2.75, 3.05) is 0 Å². The standard InChI is InChI=1S/C28H32O2Si/c1-23-15-11-13-21-27(23,3)29-31(25-17-7-5-8-18-25,26-19-9-6-10-20-26)30-28(4)22-14-12-16-24(28)2/h5-24H,1-4H3. The van der Waals surface area contributed by atoms with Crippen LogP contribution in [0.1, 0.15) is 27.7 Å². The average Bonchev–Trinajstić information content (AvgIpc) is 2.79. The zero-order valence-corrected chi connectivity index (χ0v) is 19.9. The minimum absolute atomic E-state index is 0.229. The van der Waals surface area contributed by atoms with Crippen molar-refractivity contribution in [1.82, 2.24) is 0 Å². The Hall–Kier alpha value is -2.46. The predicted molar refractivity (Wildman–Crippen MR) is 132 cm³/mol. The van der Waals surface area contributed by atoms with Gasteiger partial charge in [0, 0.05) is 11.8 Å². The zero-order chi connectivity index (χ0) is 22.0. The minimum atomic E-state index is -3.12. The van der Waals surface area contributed by atoms with Crippen molar-refractivity contribution in [3.63, 3.8) is 0 Å². The molecule has 2 aliphatic rings. The molecule has 2 aromatic carbocycles. The average molecular weight is 429 g/mol. The Kier molecular flexibility index (Phi) is 6.02. The van der Waals surface area contributed by atoms with E-state index < -0.39 is 19.8 Å². The summed E-state index contributed by atoms with van der Waals surface area (Å²) in [6, 6.07) is 21.1. The van der Waals surface area contributed by atoms with Crippen LogP contribution in [0.3, 0.4) is 0 Å². The summed E-state index contributed by atoms with van der Waals surface area (Å²) in [6.45, 7) is 8.78. The molecule has 0 aliphatic heterocycles. The van der Waals surface area contributed by atoms with Crippen molar-refractivity contribution in [2.45, 2.75) is 38.9 Å². The molecule has 2 nitrogen and oxygen atoms in total. The summed E-state index contributed by atoms with van der Waals surface area (Å²) in [5.74, 6) is 0.458. The van der Waals surface area contributed by atoms with Gasteiger partial charge >= 0.3 is 8.56 Å². The lowest BCUT2D eigenvalue weighted by Gasteiger charge is -2.47. The first-order valence-electron chi connectivity index (χ1n) is 11.1. The molecule has 31 heavy (non-hydrogen) atoms. The quantitative estimate of drug-likeness (QED) is 0.580. The Bertz CT molecular complexity index is 924. The van der Waals surface area contributed by atoms with Gasteiger partial charge in [-0.1, -0.05) is 123 Å². The van der Waals surface area contributed by atoms with Gasteiger partial charge < -0.3 is 8.85 Å². The van der Waals surface area contributed by atoms with E-state index in [1.54, 1.807) is 0 Å². The van der Waals surface area contributed by atoms with Gasteiger partial charge in [0.05, 0.1) is 11.2 Å². The van der Waals surface area contributed by atoms with Gasteiger partial charge in [-0.25, -0.2) is 0 Å². The molecule has 0 fully saturated rings. The largest absolute Gasteiger partial charge is 0.408 e. The number of rotatable bonds is 6. The van der Waals surface area contributed by atoms with Crippen LogP contribution in [0.15, 0.2) is 109 Å². The molecule has 4 atom stereocenters. The van der Waals surface area contributed by atoms with Crippen molar-refractivity contribution < 1.29 is 8.85 Å². The first-order valence-corrected chi connectivity index (χ1v) is 12.9. The van der Waals surface area contributed by atoms with Gasteiger partial charge in [0.2, 0.25) is 0 Å². The number of hydrogen-bond donors (Lipinski definition) is 0. The first-order chi connectivity index (χ1) is 14.9. The van der Waals surface area contributed by atoms with Crippen molar-refractivity contribution in [1.29, 1.82) is 0 Å². The highest BCUT2D eigenvalue weighted by Crippen LogP contribution is 2.36. The zero-order valence-electron chi connectivity index (χ0n) is 18.9. The lowest BCUT2D eigenvalue weighted by atomic mass is 9.87. The van der Waals surface area contributed by atoms with Crippen LogP contribution in [0, 0.1) is 11.8 Å². The Morgan fingerprint density at radius 3 is 1.35 bits per heavy atom. The van der Waals surface area contributed by atoms with Gasteiger partial charge in [-0.2, -0.15) is 0 Å². The highest BCUT2D eigenvalue weighted by Gasteiger charge is 2.53. The highest BCUT2D eigenvalue weighted by molar-refractivity contribution is 6.92. The lowest BCUT2D eigenvalue weighted by molar-refractivity contribution is 0.00805. The Morgan fingerprint density at radius 1 is 0.613 bits per heavy atom. The Labute approximate surface area is 187 Å². The van der Waals surface area contributed by atoms with Crippen LogP contribution >= 0.6 is 0 Å². The van der Waals surface area contributed by atoms with E-state index in [1.807, 2.05) is 0 Å². The molecular weight excluding hydrogens is 396 g/mol. The summed E-state index contributed by atoms with van der Waals surface area (Å²) >= 11 is 0. The van der Waals surface area contributed by atoms with Crippen molar-refractivity contribution >= 4 is 18.9 Å². The van der Waals surface area contributed by atoms with Crippen LogP contribution < -0.4 is 10.4 Å². The maximum absolute atomic E-state index is 7.29. The van der Waals surface area contributed by atoms with E-state index in [9.17, 15) is 0 Å². The molecule has 0 radical (unpaired) electrons. The number of hydrogen-bond acceptors (Lipinski definition) is 2. The van der Waals surface area contributed by atoms with E-state index in [2.05, 4.69) is 137 Å². The van der Waals surface area contributed by atoms with E-state index in [-0.39, 0.29) is 11.8 Å². The molecule has 3 heteroatoms. The van der Waals surface area contributed by atoms with E-state index in [1.165, 1.54) is 0 Å². The van der Waals surface area contributed by atoms with E-state index in [4.69, 9.17) is 8.85 Å². The summed E-state index contributed by atoms with van der Waals surface area (Å²) in [6.07, 6.45) is 17.1. The summed E-state index contributed by atoms with van der Waals surface area (Å²) in [7, 11) is -3.12. The molecule has 0 aromatic heterocycles. The Balaban J connectivity index is 1.91. The third kappa shape index (κ3) is 4.18. The van der Waals surface area contributed by atoms with Gasteiger partial charge in [0.15, 0.2) is 0 Å². The lowest BCUT2D eigenvalue weighted by Crippen LogP contribution is -2.70. The molecule has 0 saturated heterocycles. The summed E-state index contributed by atoms with van der Waals surface area (Å²) in [4.78, 5) is 0. The predicted octanol–water partition coefficient (Wildman–Crippen LogP) is 5.32. The molecule has 0 amide bonds. The molecule has 4 rings (SSSR count). The molecule has 4 unspecified atom stereocenters. The van der Waals surface area contributed by atoms with Crippen LogP contribution in [0.4, 0.5) is 0 Å². The fourth-order valence-corrected chi connectivity index (χ4v) is 8.11.